The van der Waals surface area contributed by atoms with Crippen molar-refractivity contribution in [2.24, 2.45) is 0 Å². The van der Waals surface area contributed by atoms with Crippen molar-refractivity contribution in [2.75, 3.05) is 0 Å². The molecule has 1 aliphatic rings. The predicted octanol–water partition coefficient (Wildman–Crippen LogP) is 1.31. The summed E-state index contributed by atoms with van der Waals surface area (Å²) in [5.74, 6) is -0.200. The molecule has 0 bridgehead atoms. The summed E-state index contributed by atoms with van der Waals surface area (Å²) < 4.78 is 0. The van der Waals surface area contributed by atoms with Crippen LogP contribution in [-0.4, -0.2) is 15.1 Å². The molecule has 76 valence electrons. The quantitative estimate of drug-likeness (QED) is 0.745. The minimum absolute atomic E-state index is 0.0433. The van der Waals surface area contributed by atoms with E-state index in [2.05, 4.69) is 16.9 Å². The molecule has 2 N–H and O–H groups in total. The van der Waals surface area contributed by atoms with E-state index in [0.29, 0.717) is 5.69 Å². The van der Waals surface area contributed by atoms with E-state index >= 15 is 0 Å². The van der Waals surface area contributed by atoms with Gasteiger partial charge in [0.2, 0.25) is 5.75 Å². The summed E-state index contributed by atoms with van der Waals surface area (Å²) in [6.45, 7) is 2.07. The largest absolute Gasteiger partial charge is 0.502 e. The van der Waals surface area contributed by atoms with Crippen molar-refractivity contribution in [1.29, 1.82) is 0 Å². The molecule has 0 radical (unpaired) electrons. The smallest absolute Gasteiger partial charge is 0.293 e. The van der Waals surface area contributed by atoms with E-state index in [4.69, 9.17) is 0 Å². The van der Waals surface area contributed by atoms with Gasteiger partial charge >= 0.3 is 0 Å². The molecule has 1 aliphatic carbocycles. The van der Waals surface area contributed by atoms with Gasteiger partial charge in [0.1, 0.15) is 0 Å². The molecule has 1 heterocycles. The van der Waals surface area contributed by atoms with Gasteiger partial charge in [-0.15, -0.1) is 0 Å². The maximum atomic E-state index is 11.2. The number of hydrogen-bond donors (Lipinski definition) is 2. The third kappa shape index (κ3) is 1.14. The van der Waals surface area contributed by atoms with Gasteiger partial charge in [-0.3, -0.25) is 4.79 Å². The Morgan fingerprint density at radius 3 is 2.86 bits per heavy atom. The molecule has 1 fully saturated rings. The normalized spacial score (nSPS) is 18.9. The molecule has 0 unspecified atom stereocenters. The van der Waals surface area contributed by atoms with Crippen LogP contribution in [0.3, 0.4) is 0 Å². The molecular formula is C10H14N2O2. The van der Waals surface area contributed by atoms with Gasteiger partial charge in [-0.25, -0.2) is 4.98 Å². The third-order valence-electron chi connectivity index (χ3n) is 3.32. The van der Waals surface area contributed by atoms with E-state index < -0.39 is 5.56 Å². The summed E-state index contributed by atoms with van der Waals surface area (Å²) in [4.78, 5) is 17.7. The molecule has 0 spiro atoms. The molecule has 1 aromatic heterocycles. The first-order chi connectivity index (χ1) is 6.69. The Bertz CT molecular complexity index is 388. The Labute approximate surface area is 82.0 Å². The molecule has 0 saturated heterocycles. The van der Waals surface area contributed by atoms with Crippen molar-refractivity contribution >= 4 is 0 Å². The molecule has 1 saturated carbocycles. The van der Waals surface area contributed by atoms with Gasteiger partial charge in [0.25, 0.3) is 5.56 Å². The molecular weight excluding hydrogens is 180 g/mol. The van der Waals surface area contributed by atoms with E-state index in [-0.39, 0.29) is 11.2 Å². The summed E-state index contributed by atoms with van der Waals surface area (Å²) in [5, 5.41) is 9.62. The Balaban J connectivity index is 2.50. The summed E-state index contributed by atoms with van der Waals surface area (Å²) in [5.41, 5.74) is 0.1000. The van der Waals surface area contributed by atoms with E-state index in [1.165, 1.54) is 6.33 Å². The molecule has 0 aromatic carbocycles. The van der Waals surface area contributed by atoms with Gasteiger partial charge in [0, 0.05) is 5.41 Å². The first-order valence-corrected chi connectivity index (χ1v) is 4.97. The third-order valence-corrected chi connectivity index (χ3v) is 3.32. The van der Waals surface area contributed by atoms with Gasteiger partial charge in [0.15, 0.2) is 0 Å². The van der Waals surface area contributed by atoms with Gasteiger partial charge in [-0.05, 0) is 19.3 Å². The first kappa shape index (κ1) is 9.24. The fraction of sp³-hybridized carbons (Fsp3) is 0.600. The zero-order valence-electron chi connectivity index (χ0n) is 8.21. The molecule has 0 atom stereocenters. The second-order valence-electron chi connectivity index (χ2n) is 3.92. The van der Waals surface area contributed by atoms with Crippen LogP contribution in [0.25, 0.3) is 0 Å². The standard InChI is InChI=1S/C10H14N2O2/c1-2-10(4-3-5-10)8-7(13)9(14)12-6-11-8/h6,13H,2-5H2,1H3,(H,11,12,14). The summed E-state index contributed by atoms with van der Waals surface area (Å²) in [6.07, 6.45) is 5.49. The number of aromatic hydroxyl groups is 1. The Morgan fingerprint density at radius 1 is 1.64 bits per heavy atom. The Kier molecular flexibility index (Phi) is 2.06. The van der Waals surface area contributed by atoms with Crippen molar-refractivity contribution in [3.8, 4) is 5.75 Å². The van der Waals surface area contributed by atoms with Crippen molar-refractivity contribution in [3.05, 3.63) is 22.4 Å². The lowest BCUT2D eigenvalue weighted by Gasteiger charge is -2.40. The highest BCUT2D eigenvalue weighted by Gasteiger charge is 2.40. The van der Waals surface area contributed by atoms with Crippen LogP contribution in [0.1, 0.15) is 38.3 Å². The molecule has 1 aromatic rings. The molecule has 4 nitrogen and oxygen atoms in total. The van der Waals surface area contributed by atoms with Crippen LogP contribution >= 0.6 is 0 Å². The monoisotopic (exact) mass is 194 g/mol. The van der Waals surface area contributed by atoms with E-state index in [0.717, 1.165) is 25.7 Å². The maximum absolute atomic E-state index is 11.2. The summed E-state index contributed by atoms with van der Waals surface area (Å²) in [6, 6.07) is 0. The fourth-order valence-electron chi connectivity index (χ4n) is 2.14. The first-order valence-electron chi connectivity index (χ1n) is 4.97. The highest BCUT2D eigenvalue weighted by atomic mass is 16.3. The molecule has 4 heteroatoms. The molecule has 14 heavy (non-hydrogen) atoms. The molecule has 0 amide bonds. The SMILES string of the molecule is CCC1(c2nc[nH]c(=O)c2O)CCC1. The van der Waals surface area contributed by atoms with Crippen molar-refractivity contribution in [1.82, 2.24) is 9.97 Å². The van der Waals surface area contributed by atoms with Crippen LogP contribution in [0.5, 0.6) is 5.75 Å². The number of aromatic amines is 1. The Morgan fingerprint density at radius 2 is 2.36 bits per heavy atom. The Hall–Kier alpha value is -1.32. The number of nitrogens with zero attached hydrogens (tertiary/aromatic N) is 1. The highest BCUT2D eigenvalue weighted by molar-refractivity contribution is 5.31. The lowest BCUT2D eigenvalue weighted by atomic mass is 9.64. The average molecular weight is 194 g/mol. The van der Waals surface area contributed by atoms with E-state index in [1.807, 2.05) is 0 Å². The van der Waals surface area contributed by atoms with Gasteiger partial charge < -0.3 is 10.1 Å². The number of hydrogen-bond acceptors (Lipinski definition) is 3. The van der Waals surface area contributed by atoms with Crippen LogP contribution in [-0.2, 0) is 5.41 Å². The maximum Gasteiger partial charge on any atom is 0.293 e. The minimum Gasteiger partial charge on any atom is -0.502 e. The molecule has 2 rings (SSSR count). The van der Waals surface area contributed by atoms with Gasteiger partial charge in [-0.1, -0.05) is 13.3 Å². The lowest BCUT2D eigenvalue weighted by Crippen LogP contribution is -2.35. The van der Waals surface area contributed by atoms with Crippen LogP contribution < -0.4 is 5.56 Å². The van der Waals surface area contributed by atoms with Crippen LogP contribution in [0.2, 0.25) is 0 Å². The van der Waals surface area contributed by atoms with Crippen molar-refractivity contribution in [2.45, 2.75) is 38.0 Å². The van der Waals surface area contributed by atoms with Crippen LogP contribution in [0.4, 0.5) is 0 Å². The van der Waals surface area contributed by atoms with Crippen LogP contribution in [0, 0.1) is 0 Å². The lowest BCUT2D eigenvalue weighted by molar-refractivity contribution is 0.219. The van der Waals surface area contributed by atoms with E-state index in [1.54, 1.807) is 0 Å². The fourth-order valence-corrected chi connectivity index (χ4v) is 2.14. The van der Waals surface area contributed by atoms with Crippen molar-refractivity contribution in [3.63, 3.8) is 0 Å². The zero-order valence-corrected chi connectivity index (χ0v) is 8.21. The minimum atomic E-state index is -0.435. The highest BCUT2D eigenvalue weighted by Crippen LogP contribution is 2.47. The second kappa shape index (κ2) is 3.12. The number of rotatable bonds is 2. The topological polar surface area (TPSA) is 66.0 Å². The number of H-pyrrole nitrogens is 1. The molecule has 0 aliphatic heterocycles. The van der Waals surface area contributed by atoms with E-state index in [9.17, 15) is 9.90 Å². The van der Waals surface area contributed by atoms with Gasteiger partial charge in [0.05, 0.1) is 12.0 Å². The number of aromatic nitrogens is 2. The van der Waals surface area contributed by atoms with Crippen molar-refractivity contribution < 1.29 is 5.11 Å². The summed E-state index contributed by atoms with van der Waals surface area (Å²) in [7, 11) is 0. The van der Waals surface area contributed by atoms with Gasteiger partial charge in [-0.2, -0.15) is 0 Å². The van der Waals surface area contributed by atoms with Crippen LogP contribution in [0.15, 0.2) is 11.1 Å². The second-order valence-corrected chi connectivity index (χ2v) is 3.92. The summed E-state index contributed by atoms with van der Waals surface area (Å²) >= 11 is 0. The predicted molar refractivity (Wildman–Crippen MR) is 52.3 cm³/mol. The number of nitrogens with one attached hydrogen (secondary N) is 1. The zero-order chi connectivity index (χ0) is 10.2. The average Bonchev–Trinajstić information content (AvgIpc) is 2.11.